The van der Waals surface area contributed by atoms with Gasteiger partial charge in [0, 0.05) is 25.0 Å². The lowest BCUT2D eigenvalue weighted by atomic mass is 10.1. The summed E-state index contributed by atoms with van der Waals surface area (Å²) in [5, 5.41) is 3.27. The maximum atomic E-state index is 4.13. The minimum atomic E-state index is 0.638. The van der Waals surface area contributed by atoms with E-state index in [0.717, 1.165) is 13.1 Å². The highest BCUT2D eigenvalue weighted by Crippen LogP contribution is 2.04. The predicted molar refractivity (Wildman–Crippen MR) is 72.9 cm³/mol. The number of unbranched alkanes of at least 4 members (excludes halogenated alkanes) is 1. The van der Waals surface area contributed by atoms with E-state index in [1.54, 1.807) is 0 Å². The van der Waals surface area contributed by atoms with E-state index in [0.29, 0.717) is 6.04 Å². The van der Waals surface area contributed by atoms with Crippen LogP contribution < -0.4 is 5.32 Å². The fraction of sp³-hybridized carbons (Fsp3) is 0.643. The Labute approximate surface area is 105 Å². The Kier molecular flexibility index (Phi) is 6.82. The molecule has 17 heavy (non-hydrogen) atoms. The average Bonchev–Trinajstić information content (AvgIpc) is 2.35. The summed E-state index contributed by atoms with van der Waals surface area (Å²) < 4.78 is 0. The van der Waals surface area contributed by atoms with Crippen LogP contribution in [0.5, 0.6) is 0 Å². The summed E-state index contributed by atoms with van der Waals surface area (Å²) in [4.78, 5) is 6.50. The van der Waals surface area contributed by atoms with Crippen molar-refractivity contribution in [2.24, 2.45) is 0 Å². The summed E-state index contributed by atoms with van der Waals surface area (Å²) in [7, 11) is 4.20. The van der Waals surface area contributed by atoms with Gasteiger partial charge in [0.15, 0.2) is 0 Å². The van der Waals surface area contributed by atoms with Crippen molar-refractivity contribution in [1.29, 1.82) is 0 Å². The van der Waals surface area contributed by atoms with Gasteiger partial charge >= 0.3 is 0 Å². The van der Waals surface area contributed by atoms with Crippen molar-refractivity contribution >= 4 is 0 Å². The third-order valence-electron chi connectivity index (χ3n) is 3.10. The van der Waals surface area contributed by atoms with Crippen LogP contribution >= 0.6 is 0 Å². The molecule has 96 valence electrons. The molecule has 1 unspecified atom stereocenters. The fourth-order valence-electron chi connectivity index (χ4n) is 1.86. The van der Waals surface area contributed by atoms with Crippen LogP contribution in [0.4, 0.5) is 0 Å². The van der Waals surface area contributed by atoms with Crippen molar-refractivity contribution in [2.45, 2.75) is 38.8 Å². The van der Waals surface area contributed by atoms with Gasteiger partial charge in [0.25, 0.3) is 0 Å². The van der Waals surface area contributed by atoms with Crippen molar-refractivity contribution in [2.75, 3.05) is 20.6 Å². The molecule has 1 N–H and O–H groups in total. The summed E-state index contributed by atoms with van der Waals surface area (Å²) >= 11 is 0. The molecule has 0 saturated heterocycles. The van der Waals surface area contributed by atoms with Gasteiger partial charge in [0.1, 0.15) is 0 Å². The van der Waals surface area contributed by atoms with Gasteiger partial charge in [-0.25, -0.2) is 0 Å². The number of nitrogens with one attached hydrogen (secondary N) is 1. The Bertz CT molecular complexity index is 287. The summed E-state index contributed by atoms with van der Waals surface area (Å²) in [6.45, 7) is 4.39. The van der Waals surface area contributed by atoms with Crippen LogP contribution in [-0.4, -0.2) is 36.6 Å². The molecule has 3 nitrogen and oxygen atoms in total. The highest BCUT2D eigenvalue weighted by Gasteiger charge is 2.01. The molecule has 1 aromatic heterocycles. The molecular weight excluding hydrogens is 210 g/mol. The molecule has 0 bridgehead atoms. The van der Waals surface area contributed by atoms with E-state index in [9.17, 15) is 0 Å². The molecule has 0 fully saturated rings. The molecule has 0 saturated carbocycles. The monoisotopic (exact) mass is 235 g/mol. The largest absolute Gasteiger partial charge is 0.317 e. The molecule has 0 radical (unpaired) electrons. The summed E-state index contributed by atoms with van der Waals surface area (Å²) in [5.74, 6) is 0. The molecule has 0 aliphatic rings. The molecule has 1 aromatic rings. The minimum Gasteiger partial charge on any atom is -0.317 e. The van der Waals surface area contributed by atoms with Crippen LogP contribution in [0, 0.1) is 0 Å². The Hall–Kier alpha value is -0.930. The van der Waals surface area contributed by atoms with Crippen LogP contribution in [0.2, 0.25) is 0 Å². The SMILES string of the molecule is CNC(C)CCCCN(C)Cc1cccnc1. The lowest BCUT2D eigenvalue weighted by molar-refractivity contribution is 0.314. The molecule has 1 atom stereocenters. The molecule has 3 heteroatoms. The summed E-state index contributed by atoms with van der Waals surface area (Å²) in [5.41, 5.74) is 1.29. The second-order valence-corrected chi connectivity index (χ2v) is 4.78. The molecule has 0 aliphatic carbocycles. The zero-order valence-electron chi connectivity index (χ0n) is 11.3. The summed E-state index contributed by atoms with van der Waals surface area (Å²) in [6.07, 6.45) is 7.58. The quantitative estimate of drug-likeness (QED) is 0.701. The molecule has 0 aliphatic heterocycles. The zero-order chi connectivity index (χ0) is 12.5. The topological polar surface area (TPSA) is 28.2 Å². The van der Waals surface area contributed by atoms with E-state index in [-0.39, 0.29) is 0 Å². The van der Waals surface area contributed by atoms with Gasteiger partial charge in [-0.1, -0.05) is 12.5 Å². The van der Waals surface area contributed by atoms with Crippen molar-refractivity contribution < 1.29 is 0 Å². The maximum Gasteiger partial charge on any atom is 0.0312 e. The van der Waals surface area contributed by atoms with Crippen LogP contribution in [0.25, 0.3) is 0 Å². The third kappa shape index (κ3) is 6.39. The fourth-order valence-corrected chi connectivity index (χ4v) is 1.86. The van der Waals surface area contributed by atoms with E-state index in [1.165, 1.54) is 24.8 Å². The van der Waals surface area contributed by atoms with Crippen LogP contribution in [0.15, 0.2) is 24.5 Å². The first-order chi connectivity index (χ1) is 8.22. The van der Waals surface area contributed by atoms with Crippen molar-refractivity contribution in [3.05, 3.63) is 30.1 Å². The number of hydrogen-bond acceptors (Lipinski definition) is 3. The predicted octanol–water partition coefficient (Wildman–Crippen LogP) is 2.29. The second kappa shape index (κ2) is 8.20. The minimum absolute atomic E-state index is 0.638. The van der Waals surface area contributed by atoms with Gasteiger partial charge in [0.2, 0.25) is 0 Å². The van der Waals surface area contributed by atoms with Gasteiger partial charge in [-0.15, -0.1) is 0 Å². The maximum absolute atomic E-state index is 4.13. The van der Waals surface area contributed by atoms with E-state index < -0.39 is 0 Å². The Morgan fingerprint density at radius 1 is 1.41 bits per heavy atom. The van der Waals surface area contributed by atoms with Crippen molar-refractivity contribution in [3.63, 3.8) is 0 Å². The molecule has 0 amide bonds. The lowest BCUT2D eigenvalue weighted by Crippen LogP contribution is -2.22. The van der Waals surface area contributed by atoms with E-state index in [2.05, 4.69) is 35.2 Å². The molecular formula is C14H25N3. The first-order valence-electron chi connectivity index (χ1n) is 6.47. The van der Waals surface area contributed by atoms with E-state index >= 15 is 0 Å². The van der Waals surface area contributed by atoms with Gasteiger partial charge in [-0.05, 0) is 52.0 Å². The number of hydrogen-bond donors (Lipinski definition) is 1. The standard InChI is InChI=1S/C14H25N3/c1-13(15-2)7-4-5-10-17(3)12-14-8-6-9-16-11-14/h6,8-9,11,13,15H,4-5,7,10,12H2,1-3H3. The van der Waals surface area contributed by atoms with Crippen LogP contribution in [0.1, 0.15) is 31.7 Å². The Balaban J connectivity index is 2.11. The number of pyridine rings is 1. The molecule has 0 spiro atoms. The van der Waals surface area contributed by atoms with Crippen LogP contribution in [-0.2, 0) is 6.54 Å². The van der Waals surface area contributed by atoms with Crippen LogP contribution in [0.3, 0.4) is 0 Å². The van der Waals surface area contributed by atoms with E-state index in [1.807, 2.05) is 25.5 Å². The lowest BCUT2D eigenvalue weighted by Gasteiger charge is -2.17. The smallest absolute Gasteiger partial charge is 0.0312 e. The number of rotatable bonds is 8. The van der Waals surface area contributed by atoms with Crippen molar-refractivity contribution in [1.82, 2.24) is 15.2 Å². The Morgan fingerprint density at radius 3 is 2.88 bits per heavy atom. The number of aromatic nitrogens is 1. The van der Waals surface area contributed by atoms with Crippen molar-refractivity contribution in [3.8, 4) is 0 Å². The highest BCUT2D eigenvalue weighted by atomic mass is 15.1. The average molecular weight is 235 g/mol. The highest BCUT2D eigenvalue weighted by molar-refractivity contribution is 5.07. The zero-order valence-corrected chi connectivity index (χ0v) is 11.3. The molecule has 1 rings (SSSR count). The van der Waals surface area contributed by atoms with Gasteiger partial charge in [-0.2, -0.15) is 0 Å². The van der Waals surface area contributed by atoms with Gasteiger partial charge in [0.05, 0.1) is 0 Å². The third-order valence-corrected chi connectivity index (χ3v) is 3.10. The normalized spacial score (nSPS) is 12.9. The van der Waals surface area contributed by atoms with Gasteiger partial charge < -0.3 is 10.2 Å². The second-order valence-electron chi connectivity index (χ2n) is 4.78. The Morgan fingerprint density at radius 2 is 2.24 bits per heavy atom. The number of nitrogens with zero attached hydrogens (tertiary/aromatic N) is 2. The first-order valence-corrected chi connectivity index (χ1v) is 6.47. The molecule has 0 aromatic carbocycles. The van der Waals surface area contributed by atoms with Gasteiger partial charge in [-0.3, -0.25) is 4.98 Å². The molecule has 1 heterocycles. The summed E-state index contributed by atoms with van der Waals surface area (Å²) in [6, 6.07) is 4.77. The first kappa shape index (κ1) is 14.1. The van der Waals surface area contributed by atoms with E-state index in [4.69, 9.17) is 0 Å².